The van der Waals surface area contributed by atoms with Crippen LogP contribution in [0.1, 0.15) is 16.8 Å². The van der Waals surface area contributed by atoms with Crippen LogP contribution < -0.4 is 0 Å². The van der Waals surface area contributed by atoms with Gasteiger partial charge in [-0.1, -0.05) is 11.6 Å². The smallest absolute Gasteiger partial charge is 0.287 e. The van der Waals surface area contributed by atoms with Crippen molar-refractivity contribution in [2.24, 2.45) is 5.10 Å². The van der Waals surface area contributed by atoms with E-state index in [0.717, 1.165) is 0 Å². The molecule has 0 aliphatic carbocycles. The van der Waals surface area contributed by atoms with Gasteiger partial charge in [0.25, 0.3) is 18.8 Å². The third-order valence-electron chi connectivity index (χ3n) is 2.92. The summed E-state index contributed by atoms with van der Waals surface area (Å²) in [6, 6.07) is 5.08. The molecule has 21 heavy (non-hydrogen) atoms. The first kappa shape index (κ1) is 15.7. The molecule has 0 saturated heterocycles. The fourth-order valence-electron chi connectivity index (χ4n) is 1.82. The molecule has 0 fully saturated rings. The summed E-state index contributed by atoms with van der Waals surface area (Å²) in [4.78, 5) is 12.1. The highest BCUT2D eigenvalue weighted by molar-refractivity contribution is 6.30. The largest absolute Gasteiger partial charge is 0.364 e. The number of amides is 1. The van der Waals surface area contributed by atoms with Crippen molar-refractivity contribution < 1.29 is 27.5 Å². The van der Waals surface area contributed by atoms with E-state index >= 15 is 0 Å². The Hall–Kier alpha value is -1.67. The van der Waals surface area contributed by atoms with Gasteiger partial charge >= 0.3 is 0 Å². The minimum Gasteiger partial charge on any atom is -0.364 e. The first-order valence-corrected chi connectivity index (χ1v) is 6.09. The van der Waals surface area contributed by atoms with Crippen LogP contribution in [0.25, 0.3) is 0 Å². The Morgan fingerprint density at radius 2 is 1.86 bits per heavy atom. The second-order valence-corrected chi connectivity index (χ2v) is 4.81. The van der Waals surface area contributed by atoms with Crippen molar-refractivity contribution in [2.45, 2.75) is 25.0 Å². The number of hydrogen-bond donors (Lipinski definition) is 1. The van der Waals surface area contributed by atoms with Crippen molar-refractivity contribution in [3.8, 4) is 0 Å². The van der Waals surface area contributed by atoms with Crippen LogP contribution in [0.2, 0.25) is 5.02 Å². The third kappa shape index (κ3) is 2.86. The van der Waals surface area contributed by atoms with E-state index in [9.17, 15) is 27.5 Å². The zero-order chi connectivity index (χ0) is 15.8. The van der Waals surface area contributed by atoms with E-state index in [-0.39, 0.29) is 10.6 Å². The molecule has 1 aromatic rings. The van der Waals surface area contributed by atoms with Crippen molar-refractivity contribution in [3.05, 3.63) is 34.9 Å². The van der Waals surface area contributed by atoms with Crippen molar-refractivity contribution in [1.29, 1.82) is 0 Å². The molecule has 1 aromatic carbocycles. The number of nitrogens with zero attached hydrogens (tertiary/aromatic N) is 2. The summed E-state index contributed by atoms with van der Waals surface area (Å²) in [5.74, 6) is -1.12. The SMILES string of the molecule is O=C(c1ccc(Cl)cc1)N1N=C(C(F)F)C[C@]1(O)C(F)F. The van der Waals surface area contributed by atoms with E-state index in [0.29, 0.717) is 5.02 Å². The lowest BCUT2D eigenvalue weighted by atomic mass is 10.1. The second-order valence-electron chi connectivity index (χ2n) is 4.37. The highest BCUT2D eigenvalue weighted by Gasteiger charge is 2.53. The molecular weight excluding hydrogens is 316 g/mol. The second kappa shape index (κ2) is 5.61. The van der Waals surface area contributed by atoms with Gasteiger partial charge in [-0.15, -0.1) is 0 Å². The molecule has 114 valence electrons. The number of aliphatic hydroxyl groups is 1. The number of halogens is 5. The van der Waals surface area contributed by atoms with Crippen LogP contribution in [0.5, 0.6) is 0 Å². The monoisotopic (exact) mass is 324 g/mol. The van der Waals surface area contributed by atoms with E-state index in [1.54, 1.807) is 0 Å². The van der Waals surface area contributed by atoms with E-state index in [2.05, 4.69) is 5.10 Å². The summed E-state index contributed by atoms with van der Waals surface area (Å²) in [5.41, 5.74) is -4.17. The number of carbonyl (C=O) groups is 1. The van der Waals surface area contributed by atoms with Gasteiger partial charge in [-0.05, 0) is 24.3 Å². The van der Waals surface area contributed by atoms with Gasteiger partial charge < -0.3 is 5.11 Å². The molecule has 4 nitrogen and oxygen atoms in total. The normalized spacial score (nSPS) is 22.1. The van der Waals surface area contributed by atoms with Crippen LogP contribution in [0.4, 0.5) is 17.6 Å². The Balaban J connectivity index is 2.38. The lowest BCUT2D eigenvalue weighted by molar-refractivity contribution is -0.164. The van der Waals surface area contributed by atoms with Gasteiger partial charge in [-0.2, -0.15) is 10.1 Å². The lowest BCUT2D eigenvalue weighted by Gasteiger charge is -2.29. The number of alkyl halides is 4. The lowest BCUT2D eigenvalue weighted by Crippen LogP contribution is -2.51. The number of rotatable bonds is 3. The molecule has 0 spiro atoms. The van der Waals surface area contributed by atoms with Gasteiger partial charge in [0.05, 0.1) is 0 Å². The van der Waals surface area contributed by atoms with Crippen LogP contribution >= 0.6 is 11.6 Å². The highest BCUT2D eigenvalue weighted by Crippen LogP contribution is 2.34. The van der Waals surface area contributed by atoms with Crippen molar-refractivity contribution in [3.63, 3.8) is 0 Å². The topological polar surface area (TPSA) is 52.9 Å². The van der Waals surface area contributed by atoms with E-state index < -0.39 is 36.6 Å². The minimum absolute atomic E-state index is 0.00238. The molecule has 2 rings (SSSR count). The number of hydrazone groups is 1. The first-order valence-electron chi connectivity index (χ1n) is 5.72. The highest BCUT2D eigenvalue weighted by atomic mass is 35.5. The Kier molecular flexibility index (Phi) is 4.20. The molecule has 0 aromatic heterocycles. The molecule has 1 aliphatic rings. The van der Waals surface area contributed by atoms with Gasteiger partial charge in [0.1, 0.15) is 5.71 Å². The standard InChI is InChI=1S/C12H9ClF4N2O2/c13-7-3-1-6(2-4-7)10(20)19-12(21,11(16)17)5-8(18-19)9(14)15/h1-4,9,11,21H,5H2/t12-/m0/s1. The van der Waals surface area contributed by atoms with E-state index in [1.807, 2.05) is 0 Å². The maximum absolute atomic E-state index is 13.0. The Labute approximate surface area is 121 Å². The Bertz CT molecular complexity index is 579. The van der Waals surface area contributed by atoms with Crippen LogP contribution in [0.15, 0.2) is 29.4 Å². The zero-order valence-electron chi connectivity index (χ0n) is 10.3. The molecule has 9 heteroatoms. The fourth-order valence-corrected chi connectivity index (χ4v) is 1.94. The van der Waals surface area contributed by atoms with Gasteiger partial charge in [-0.3, -0.25) is 4.79 Å². The molecule has 0 bridgehead atoms. The van der Waals surface area contributed by atoms with Crippen LogP contribution in [-0.4, -0.2) is 40.3 Å². The Morgan fingerprint density at radius 1 is 1.29 bits per heavy atom. The molecule has 0 saturated carbocycles. The molecule has 1 amide bonds. The van der Waals surface area contributed by atoms with Crippen molar-refractivity contribution in [1.82, 2.24) is 5.01 Å². The fraction of sp³-hybridized carbons (Fsp3) is 0.333. The first-order chi connectivity index (χ1) is 9.75. The summed E-state index contributed by atoms with van der Waals surface area (Å²) in [6.07, 6.45) is -7.70. The number of benzene rings is 1. The van der Waals surface area contributed by atoms with Crippen LogP contribution in [-0.2, 0) is 0 Å². The van der Waals surface area contributed by atoms with Gasteiger partial charge in [-0.25, -0.2) is 17.6 Å². The summed E-state index contributed by atoms with van der Waals surface area (Å²) in [5, 5.41) is 13.3. The summed E-state index contributed by atoms with van der Waals surface area (Å²) in [6.45, 7) is 0. The molecular formula is C12H9ClF4N2O2. The quantitative estimate of drug-likeness (QED) is 0.869. The number of carbonyl (C=O) groups excluding carboxylic acids is 1. The van der Waals surface area contributed by atoms with Gasteiger partial charge in [0.15, 0.2) is 0 Å². The Morgan fingerprint density at radius 3 is 2.33 bits per heavy atom. The van der Waals surface area contributed by atoms with Crippen LogP contribution in [0.3, 0.4) is 0 Å². The van der Waals surface area contributed by atoms with Gasteiger partial charge in [0, 0.05) is 17.0 Å². The molecule has 1 aliphatic heterocycles. The van der Waals surface area contributed by atoms with E-state index in [1.165, 1.54) is 24.3 Å². The average molecular weight is 325 g/mol. The maximum atomic E-state index is 13.0. The summed E-state index contributed by atoms with van der Waals surface area (Å²) < 4.78 is 51.1. The molecule has 1 atom stereocenters. The molecule has 0 radical (unpaired) electrons. The maximum Gasteiger partial charge on any atom is 0.287 e. The molecule has 1 heterocycles. The van der Waals surface area contributed by atoms with Crippen molar-refractivity contribution >= 4 is 23.2 Å². The predicted octanol–water partition coefficient (Wildman–Crippen LogP) is 2.76. The minimum atomic E-state index is -3.45. The van der Waals surface area contributed by atoms with Crippen LogP contribution in [0, 0.1) is 0 Å². The predicted molar refractivity (Wildman–Crippen MR) is 66.6 cm³/mol. The number of hydrogen-bond acceptors (Lipinski definition) is 3. The van der Waals surface area contributed by atoms with Gasteiger partial charge in [0.2, 0.25) is 5.72 Å². The summed E-state index contributed by atoms with van der Waals surface area (Å²) in [7, 11) is 0. The summed E-state index contributed by atoms with van der Waals surface area (Å²) >= 11 is 5.63. The molecule has 1 N–H and O–H groups in total. The average Bonchev–Trinajstić information content (AvgIpc) is 2.78. The van der Waals surface area contributed by atoms with Crippen molar-refractivity contribution in [2.75, 3.05) is 0 Å². The third-order valence-corrected chi connectivity index (χ3v) is 3.17. The van der Waals surface area contributed by atoms with E-state index in [4.69, 9.17) is 11.6 Å². The molecule has 0 unspecified atom stereocenters. The zero-order valence-corrected chi connectivity index (χ0v) is 11.1.